The van der Waals surface area contributed by atoms with Crippen LogP contribution in [0.3, 0.4) is 0 Å². The number of fused-ring (bicyclic) bond motifs is 1. The first-order valence-electron chi connectivity index (χ1n) is 9.58. The molecule has 0 fully saturated rings. The summed E-state index contributed by atoms with van der Waals surface area (Å²) in [6.45, 7) is 3.20. The van der Waals surface area contributed by atoms with Crippen molar-refractivity contribution < 1.29 is 4.74 Å². The van der Waals surface area contributed by atoms with E-state index in [4.69, 9.17) is 4.74 Å². The highest BCUT2D eigenvalue weighted by molar-refractivity contribution is 5.81. The van der Waals surface area contributed by atoms with E-state index in [1.165, 1.54) is 11.6 Å². The number of aromatic nitrogens is 2. The van der Waals surface area contributed by atoms with Crippen molar-refractivity contribution in [3.63, 3.8) is 0 Å². The van der Waals surface area contributed by atoms with Gasteiger partial charge in [-0.15, -0.1) is 0 Å². The van der Waals surface area contributed by atoms with E-state index in [1.54, 1.807) is 10.8 Å². The van der Waals surface area contributed by atoms with Crippen LogP contribution in [0, 0.1) is 6.92 Å². The first-order chi connectivity index (χ1) is 14.1. The molecule has 0 bridgehead atoms. The highest BCUT2D eigenvalue weighted by Crippen LogP contribution is 2.18. The number of hydrogen-bond donors (Lipinski definition) is 1. The standard InChI is InChI=1S/C24H23N3O2/c1-17-3-5-18(6-4-17)16-29-22-11-12-27(24(28)14-22)21-9-10-23-19(13-21)7-8-20(26-23)15-25-2/h3-14,25H,15-16H2,1-2H3. The van der Waals surface area contributed by atoms with Gasteiger partial charge in [-0.25, -0.2) is 0 Å². The van der Waals surface area contributed by atoms with Crippen LogP contribution in [0.5, 0.6) is 5.75 Å². The zero-order valence-electron chi connectivity index (χ0n) is 16.6. The minimum atomic E-state index is -0.134. The molecule has 0 aliphatic carbocycles. The van der Waals surface area contributed by atoms with Crippen molar-refractivity contribution in [2.75, 3.05) is 7.05 Å². The number of hydrogen-bond acceptors (Lipinski definition) is 4. The van der Waals surface area contributed by atoms with E-state index in [2.05, 4.69) is 17.2 Å². The third-order valence-corrected chi connectivity index (χ3v) is 4.78. The Morgan fingerprint density at radius 2 is 1.83 bits per heavy atom. The lowest BCUT2D eigenvalue weighted by Gasteiger charge is -2.10. The summed E-state index contributed by atoms with van der Waals surface area (Å²) >= 11 is 0. The molecule has 2 heterocycles. The fraction of sp³-hybridized carbons (Fsp3) is 0.167. The molecule has 5 nitrogen and oxygen atoms in total. The smallest absolute Gasteiger partial charge is 0.258 e. The molecule has 0 radical (unpaired) electrons. The van der Waals surface area contributed by atoms with Crippen LogP contribution < -0.4 is 15.6 Å². The third kappa shape index (κ3) is 4.36. The molecular formula is C24H23N3O2. The highest BCUT2D eigenvalue weighted by Gasteiger charge is 2.05. The molecule has 0 amide bonds. The predicted molar refractivity (Wildman–Crippen MR) is 116 cm³/mol. The lowest BCUT2D eigenvalue weighted by molar-refractivity contribution is 0.305. The average molecular weight is 385 g/mol. The van der Waals surface area contributed by atoms with Gasteiger partial charge in [-0.3, -0.25) is 14.3 Å². The number of benzene rings is 2. The third-order valence-electron chi connectivity index (χ3n) is 4.78. The van der Waals surface area contributed by atoms with Crippen molar-refractivity contribution in [3.8, 4) is 11.4 Å². The second kappa shape index (κ2) is 8.29. The SMILES string of the molecule is CNCc1ccc2cc(-n3ccc(OCc4ccc(C)cc4)cc3=O)ccc2n1. The summed E-state index contributed by atoms with van der Waals surface area (Å²) in [5.74, 6) is 0.561. The summed E-state index contributed by atoms with van der Waals surface area (Å²) in [5, 5.41) is 4.10. The highest BCUT2D eigenvalue weighted by atomic mass is 16.5. The Hall–Kier alpha value is -3.44. The van der Waals surface area contributed by atoms with Gasteiger partial charge in [0.2, 0.25) is 0 Å². The Balaban J connectivity index is 1.54. The summed E-state index contributed by atoms with van der Waals surface area (Å²) in [6.07, 6.45) is 1.75. The normalized spacial score (nSPS) is 11.0. The molecule has 2 aromatic carbocycles. The van der Waals surface area contributed by atoms with Gasteiger partial charge in [0.25, 0.3) is 5.56 Å². The van der Waals surface area contributed by atoms with Crippen LogP contribution in [0.15, 0.2) is 77.7 Å². The predicted octanol–water partition coefficient (Wildman–Crippen LogP) is 3.99. The first-order valence-corrected chi connectivity index (χ1v) is 9.58. The Kier molecular flexibility index (Phi) is 5.40. The molecule has 1 N–H and O–H groups in total. The first kappa shape index (κ1) is 18.9. The summed E-state index contributed by atoms with van der Waals surface area (Å²) in [6, 6.07) is 21.3. The molecule has 0 atom stereocenters. The van der Waals surface area contributed by atoms with Gasteiger partial charge in [0.05, 0.1) is 11.2 Å². The molecule has 4 aromatic rings. The maximum absolute atomic E-state index is 12.6. The van der Waals surface area contributed by atoms with Crippen LogP contribution in [0.1, 0.15) is 16.8 Å². The van der Waals surface area contributed by atoms with Crippen LogP contribution >= 0.6 is 0 Å². The van der Waals surface area contributed by atoms with Crippen LogP contribution in [-0.2, 0) is 13.2 Å². The lowest BCUT2D eigenvalue weighted by Crippen LogP contribution is -2.16. The van der Waals surface area contributed by atoms with Gasteiger partial charge in [0, 0.05) is 29.9 Å². The van der Waals surface area contributed by atoms with Gasteiger partial charge in [-0.05, 0) is 49.9 Å². The zero-order chi connectivity index (χ0) is 20.2. The number of ether oxygens (including phenoxy) is 1. The quantitative estimate of drug-likeness (QED) is 0.545. The van der Waals surface area contributed by atoms with Crippen molar-refractivity contribution >= 4 is 10.9 Å². The molecule has 2 aromatic heterocycles. The second-order valence-corrected chi connectivity index (χ2v) is 7.05. The summed E-state index contributed by atoms with van der Waals surface area (Å²) in [4.78, 5) is 17.3. The fourth-order valence-electron chi connectivity index (χ4n) is 3.20. The topological polar surface area (TPSA) is 56.2 Å². The van der Waals surface area contributed by atoms with E-state index in [1.807, 2.05) is 67.7 Å². The van der Waals surface area contributed by atoms with Crippen LogP contribution in [0.25, 0.3) is 16.6 Å². The van der Waals surface area contributed by atoms with Crippen molar-refractivity contribution in [2.45, 2.75) is 20.1 Å². The summed E-state index contributed by atoms with van der Waals surface area (Å²) in [7, 11) is 1.90. The molecule has 0 saturated carbocycles. The molecule has 29 heavy (non-hydrogen) atoms. The lowest BCUT2D eigenvalue weighted by atomic mass is 10.1. The molecule has 0 unspecified atom stereocenters. The Labute approximate surface area is 169 Å². The van der Waals surface area contributed by atoms with Gasteiger partial charge in [-0.1, -0.05) is 35.9 Å². The number of pyridine rings is 2. The maximum Gasteiger partial charge on any atom is 0.258 e. The number of aryl methyl sites for hydroxylation is 1. The Morgan fingerprint density at radius 3 is 2.59 bits per heavy atom. The number of nitrogens with zero attached hydrogens (tertiary/aromatic N) is 2. The number of nitrogens with one attached hydrogen (secondary N) is 1. The van der Waals surface area contributed by atoms with Crippen molar-refractivity contribution in [2.24, 2.45) is 0 Å². The van der Waals surface area contributed by atoms with Gasteiger partial charge in [-0.2, -0.15) is 0 Å². The molecular weight excluding hydrogens is 362 g/mol. The fourth-order valence-corrected chi connectivity index (χ4v) is 3.20. The minimum Gasteiger partial charge on any atom is -0.489 e. The molecule has 0 saturated heterocycles. The second-order valence-electron chi connectivity index (χ2n) is 7.05. The Morgan fingerprint density at radius 1 is 1.00 bits per heavy atom. The van der Waals surface area contributed by atoms with E-state index in [9.17, 15) is 4.79 Å². The van der Waals surface area contributed by atoms with Crippen LogP contribution in [0.4, 0.5) is 0 Å². The van der Waals surface area contributed by atoms with Gasteiger partial charge >= 0.3 is 0 Å². The van der Waals surface area contributed by atoms with E-state index in [0.29, 0.717) is 12.4 Å². The van der Waals surface area contributed by atoms with Gasteiger partial charge in [0.15, 0.2) is 0 Å². The number of rotatable bonds is 6. The largest absolute Gasteiger partial charge is 0.489 e. The van der Waals surface area contributed by atoms with E-state index >= 15 is 0 Å². The molecule has 0 aliphatic heterocycles. The summed E-state index contributed by atoms with van der Waals surface area (Å²) < 4.78 is 7.39. The van der Waals surface area contributed by atoms with Crippen molar-refractivity contribution in [3.05, 3.63) is 100 Å². The van der Waals surface area contributed by atoms with E-state index in [0.717, 1.165) is 34.4 Å². The maximum atomic E-state index is 12.6. The Bertz CT molecular complexity index is 1200. The summed E-state index contributed by atoms with van der Waals surface area (Å²) in [5.41, 5.74) is 4.84. The minimum absolute atomic E-state index is 0.134. The molecule has 0 aliphatic rings. The molecule has 146 valence electrons. The van der Waals surface area contributed by atoms with E-state index < -0.39 is 0 Å². The van der Waals surface area contributed by atoms with Gasteiger partial charge in [0.1, 0.15) is 12.4 Å². The molecule has 5 heteroatoms. The average Bonchev–Trinajstić information content (AvgIpc) is 2.73. The van der Waals surface area contributed by atoms with Gasteiger partial charge < -0.3 is 10.1 Å². The monoisotopic (exact) mass is 385 g/mol. The van der Waals surface area contributed by atoms with Crippen LogP contribution in [-0.4, -0.2) is 16.6 Å². The zero-order valence-corrected chi connectivity index (χ0v) is 16.6. The van der Waals surface area contributed by atoms with Crippen molar-refractivity contribution in [1.29, 1.82) is 0 Å². The van der Waals surface area contributed by atoms with E-state index in [-0.39, 0.29) is 5.56 Å². The molecule has 0 spiro atoms. The van der Waals surface area contributed by atoms with Crippen LogP contribution in [0.2, 0.25) is 0 Å². The molecule has 4 rings (SSSR count). The van der Waals surface area contributed by atoms with Crippen molar-refractivity contribution in [1.82, 2.24) is 14.9 Å².